The van der Waals surface area contributed by atoms with Gasteiger partial charge in [0.05, 0.1) is 0 Å². The summed E-state index contributed by atoms with van der Waals surface area (Å²) in [5.74, 6) is -1.94. The molecule has 0 fully saturated rings. The van der Waals surface area contributed by atoms with Crippen LogP contribution >= 0.6 is 15.9 Å². The largest absolute Gasteiger partial charge is 0.478 e. The van der Waals surface area contributed by atoms with Crippen LogP contribution in [0.2, 0.25) is 0 Å². The highest BCUT2D eigenvalue weighted by Gasteiger charge is 2.15. The molecule has 12 heavy (non-hydrogen) atoms. The number of aryl methyl sites for hydroxylation is 1. The molecular weight excluding hydrogens is 227 g/mol. The minimum atomic E-state index is -1.26. The van der Waals surface area contributed by atoms with E-state index in [0.29, 0.717) is 5.56 Å². The van der Waals surface area contributed by atoms with Crippen molar-refractivity contribution in [1.29, 1.82) is 0 Å². The Morgan fingerprint density at radius 3 is 2.58 bits per heavy atom. The van der Waals surface area contributed by atoms with Gasteiger partial charge < -0.3 is 5.11 Å². The van der Waals surface area contributed by atoms with Crippen LogP contribution in [0.3, 0.4) is 0 Å². The zero-order valence-corrected chi connectivity index (χ0v) is 7.85. The molecule has 0 unspecified atom stereocenters. The summed E-state index contributed by atoms with van der Waals surface area (Å²) in [7, 11) is 0. The fourth-order valence-corrected chi connectivity index (χ4v) is 1.33. The number of rotatable bonds is 1. The maximum atomic E-state index is 13.1. The second-order valence-corrected chi connectivity index (χ2v) is 3.21. The summed E-state index contributed by atoms with van der Waals surface area (Å²) >= 11 is 2.96. The van der Waals surface area contributed by atoms with Gasteiger partial charge in [0.1, 0.15) is 11.4 Å². The molecule has 1 N–H and O–H groups in total. The van der Waals surface area contributed by atoms with Gasteiger partial charge in [-0.1, -0.05) is 6.07 Å². The van der Waals surface area contributed by atoms with Crippen LogP contribution < -0.4 is 0 Å². The van der Waals surface area contributed by atoms with Gasteiger partial charge in [-0.2, -0.15) is 0 Å². The van der Waals surface area contributed by atoms with Crippen LogP contribution in [-0.2, 0) is 0 Å². The van der Waals surface area contributed by atoms with Crippen LogP contribution in [-0.4, -0.2) is 11.1 Å². The molecule has 0 radical (unpaired) electrons. The smallest absolute Gasteiger partial charge is 0.339 e. The van der Waals surface area contributed by atoms with Crippen LogP contribution in [0.25, 0.3) is 0 Å². The lowest BCUT2D eigenvalue weighted by molar-refractivity contribution is 0.0690. The number of carboxylic acids is 1. The van der Waals surface area contributed by atoms with E-state index in [0.717, 1.165) is 0 Å². The van der Waals surface area contributed by atoms with Crippen molar-refractivity contribution in [2.75, 3.05) is 0 Å². The molecule has 0 atom stereocenters. The molecule has 0 heterocycles. The molecule has 1 rings (SSSR count). The van der Waals surface area contributed by atoms with Crippen molar-refractivity contribution >= 4 is 21.9 Å². The Kier molecular flexibility index (Phi) is 2.47. The molecule has 2 nitrogen and oxygen atoms in total. The van der Waals surface area contributed by atoms with Gasteiger partial charge in [-0.15, -0.1) is 0 Å². The van der Waals surface area contributed by atoms with Gasteiger partial charge in [-0.25, -0.2) is 9.18 Å². The third-order valence-corrected chi connectivity index (χ3v) is 2.16. The molecule has 0 aliphatic carbocycles. The predicted molar refractivity (Wildman–Crippen MR) is 45.8 cm³/mol. The first-order chi connectivity index (χ1) is 5.54. The Labute approximate surface area is 77.2 Å². The first-order valence-electron chi connectivity index (χ1n) is 3.22. The van der Waals surface area contributed by atoms with Gasteiger partial charge in [0.15, 0.2) is 0 Å². The molecule has 0 spiro atoms. The van der Waals surface area contributed by atoms with Gasteiger partial charge in [-0.05, 0) is 34.5 Å². The first kappa shape index (κ1) is 9.19. The van der Waals surface area contributed by atoms with E-state index in [-0.39, 0.29) is 10.0 Å². The zero-order chi connectivity index (χ0) is 9.30. The highest BCUT2D eigenvalue weighted by Crippen LogP contribution is 2.22. The minimum absolute atomic E-state index is 0.262. The number of carbonyl (C=O) groups is 1. The van der Waals surface area contributed by atoms with Crippen molar-refractivity contribution < 1.29 is 14.3 Å². The summed E-state index contributed by atoms with van der Waals surface area (Å²) in [6.07, 6.45) is 0. The minimum Gasteiger partial charge on any atom is -0.478 e. The summed E-state index contributed by atoms with van der Waals surface area (Å²) in [6.45, 7) is 1.52. The second-order valence-electron chi connectivity index (χ2n) is 2.36. The number of hydrogen-bond donors (Lipinski definition) is 1. The van der Waals surface area contributed by atoms with Gasteiger partial charge in [0, 0.05) is 4.47 Å². The standard InChI is InChI=1S/C8H6BrFO2/c1-4-2-3-5(9)6(7(4)10)8(11)12/h2-3H,1H3,(H,11,12). The summed E-state index contributed by atoms with van der Waals surface area (Å²) in [6, 6.07) is 3.04. The van der Waals surface area contributed by atoms with Crippen molar-refractivity contribution in [1.82, 2.24) is 0 Å². The van der Waals surface area contributed by atoms with Crippen molar-refractivity contribution in [2.24, 2.45) is 0 Å². The monoisotopic (exact) mass is 232 g/mol. The average Bonchev–Trinajstić information content (AvgIpc) is 1.97. The Morgan fingerprint density at radius 1 is 1.58 bits per heavy atom. The molecular formula is C8H6BrFO2. The Bertz CT molecular complexity index is 336. The lowest BCUT2D eigenvalue weighted by Gasteiger charge is -2.02. The predicted octanol–water partition coefficient (Wildman–Crippen LogP) is 2.59. The van der Waals surface area contributed by atoms with Crippen molar-refractivity contribution in [3.05, 3.63) is 33.5 Å². The SMILES string of the molecule is Cc1ccc(Br)c(C(=O)O)c1F. The number of carboxylic acid groups (broad SMARTS) is 1. The van der Waals surface area contributed by atoms with E-state index in [1.165, 1.54) is 19.1 Å². The van der Waals surface area contributed by atoms with Gasteiger partial charge in [0.25, 0.3) is 0 Å². The van der Waals surface area contributed by atoms with Crippen molar-refractivity contribution in [2.45, 2.75) is 6.92 Å². The molecule has 4 heteroatoms. The van der Waals surface area contributed by atoms with Crippen molar-refractivity contribution in [3.8, 4) is 0 Å². The fraction of sp³-hybridized carbons (Fsp3) is 0.125. The molecule has 0 saturated carbocycles. The van der Waals surface area contributed by atoms with E-state index < -0.39 is 11.8 Å². The maximum absolute atomic E-state index is 13.1. The van der Waals surface area contributed by atoms with Crippen LogP contribution in [0.5, 0.6) is 0 Å². The highest BCUT2D eigenvalue weighted by atomic mass is 79.9. The molecule has 0 amide bonds. The lowest BCUT2D eigenvalue weighted by Crippen LogP contribution is -2.03. The van der Waals surface area contributed by atoms with E-state index in [1.54, 1.807) is 0 Å². The third-order valence-electron chi connectivity index (χ3n) is 1.50. The fourth-order valence-electron chi connectivity index (χ4n) is 0.853. The molecule has 1 aromatic carbocycles. The van der Waals surface area contributed by atoms with E-state index in [2.05, 4.69) is 15.9 Å². The van der Waals surface area contributed by atoms with Crippen molar-refractivity contribution in [3.63, 3.8) is 0 Å². The zero-order valence-electron chi connectivity index (χ0n) is 6.27. The summed E-state index contributed by atoms with van der Waals surface area (Å²) < 4.78 is 13.4. The van der Waals surface area contributed by atoms with Crippen LogP contribution in [0, 0.1) is 12.7 Å². The van der Waals surface area contributed by atoms with E-state index >= 15 is 0 Å². The van der Waals surface area contributed by atoms with Gasteiger partial charge >= 0.3 is 5.97 Å². The normalized spacial score (nSPS) is 9.92. The topological polar surface area (TPSA) is 37.3 Å². The molecule has 0 bridgehead atoms. The molecule has 1 aromatic rings. The quantitative estimate of drug-likeness (QED) is 0.809. The summed E-state index contributed by atoms with van der Waals surface area (Å²) in [4.78, 5) is 10.5. The third kappa shape index (κ3) is 1.48. The average molecular weight is 233 g/mol. The van der Waals surface area contributed by atoms with E-state index in [1.807, 2.05) is 0 Å². The highest BCUT2D eigenvalue weighted by molar-refractivity contribution is 9.10. The second kappa shape index (κ2) is 3.23. The van der Waals surface area contributed by atoms with Crippen LogP contribution in [0.4, 0.5) is 4.39 Å². The molecule has 0 saturated heterocycles. The molecule has 0 aromatic heterocycles. The lowest BCUT2D eigenvalue weighted by atomic mass is 10.1. The molecule has 0 aliphatic rings. The number of benzene rings is 1. The molecule has 0 aliphatic heterocycles. The number of aromatic carboxylic acids is 1. The number of hydrogen-bond acceptors (Lipinski definition) is 1. The van der Waals surface area contributed by atoms with E-state index in [4.69, 9.17) is 5.11 Å². The van der Waals surface area contributed by atoms with Gasteiger partial charge in [0.2, 0.25) is 0 Å². The van der Waals surface area contributed by atoms with E-state index in [9.17, 15) is 9.18 Å². The number of halogens is 2. The Balaban J connectivity index is 3.43. The van der Waals surface area contributed by atoms with Crippen LogP contribution in [0.1, 0.15) is 15.9 Å². The van der Waals surface area contributed by atoms with Crippen LogP contribution in [0.15, 0.2) is 16.6 Å². The first-order valence-corrected chi connectivity index (χ1v) is 4.01. The maximum Gasteiger partial charge on any atom is 0.339 e. The Hall–Kier alpha value is -0.900. The van der Waals surface area contributed by atoms with Gasteiger partial charge in [-0.3, -0.25) is 0 Å². The summed E-state index contributed by atoms with van der Waals surface area (Å²) in [5, 5.41) is 8.60. The summed E-state index contributed by atoms with van der Waals surface area (Å²) in [5.41, 5.74) is 0.0191. The molecule has 64 valence electrons. The Morgan fingerprint density at radius 2 is 2.17 bits per heavy atom.